The van der Waals surface area contributed by atoms with Gasteiger partial charge in [0.15, 0.2) is 5.16 Å². The highest BCUT2D eigenvalue weighted by Gasteiger charge is 2.13. The predicted molar refractivity (Wildman–Crippen MR) is 116 cm³/mol. The summed E-state index contributed by atoms with van der Waals surface area (Å²) in [5.41, 5.74) is 1.91. The van der Waals surface area contributed by atoms with Crippen LogP contribution in [0.3, 0.4) is 0 Å². The molecule has 0 aliphatic heterocycles. The van der Waals surface area contributed by atoms with E-state index in [0.717, 1.165) is 21.3 Å². The average molecular weight is 433 g/mol. The summed E-state index contributed by atoms with van der Waals surface area (Å²) in [4.78, 5) is 12.2. The van der Waals surface area contributed by atoms with Gasteiger partial charge in [-0.25, -0.2) is 0 Å². The molecule has 5 nitrogen and oxygen atoms in total. The van der Waals surface area contributed by atoms with E-state index in [0.29, 0.717) is 23.3 Å². The lowest BCUT2D eigenvalue weighted by Gasteiger charge is -2.08. The molecule has 0 aliphatic rings. The number of benzene rings is 2. The fraction of sp³-hybridized carbons (Fsp3) is 0.150. The van der Waals surface area contributed by atoms with Crippen LogP contribution < -0.4 is 5.32 Å². The second-order valence-electron chi connectivity index (χ2n) is 5.80. The third kappa shape index (κ3) is 5.38. The molecular formula is C20H18Cl2N4OS. The van der Waals surface area contributed by atoms with E-state index in [1.165, 1.54) is 17.8 Å². The first-order chi connectivity index (χ1) is 13.6. The van der Waals surface area contributed by atoms with E-state index in [9.17, 15) is 4.79 Å². The highest BCUT2D eigenvalue weighted by Crippen LogP contribution is 2.27. The zero-order chi connectivity index (χ0) is 19.9. The molecule has 8 heteroatoms. The maximum atomic E-state index is 12.2. The van der Waals surface area contributed by atoms with E-state index in [1.54, 1.807) is 18.2 Å². The summed E-state index contributed by atoms with van der Waals surface area (Å²) in [5.74, 6) is 0.803. The van der Waals surface area contributed by atoms with E-state index in [2.05, 4.69) is 15.5 Å². The van der Waals surface area contributed by atoms with Gasteiger partial charge in [-0.15, -0.1) is 10.2 Å². The van der Waals surface area contributed by atoms with E-state index in [1.807, 2.05) is 47.9 Å². The van der Waals surface area contributed by atoms with Gasteiger partial charge < -0.3 is 0 Å². The number of nitrogens with one attached hydrogen (secondary N) is 1. The molecule has 0 fully saturated rings. The third-order valence-electron chi connectivity index (χ3n) is 3.88. The quantitative estimate of drug-likeness (QED) is 0.392. The van der Waals surface area contributed by atoms with Crippen LogP contribution in [0.15, 0.2) is 59.8 Å². The minimum atomic E-state index is -0.278. The van der Waals surface area contributed by atoms with Gasteiger partial charge in [-0.3, -0.25) is 14.7 Å². The minimum absolute atomic E-state index is 0.278. The van der Waals surface area contributed by atoms with Crippen molar-refractivity contribution in [1.29, 1.82) is 0 Å². The summed E-state index contributed by atoms with van der Waals surface area (Å²) < 4.78 is 1.86. The Hall–Kier alpha value is -2.28. The number of thioether (sulfide) groups is 1. The molecule has 0 saturated heterocycles. The van der Waals surface area contributed by atoms with Crippen LogP contribution in [0.5, 0.6) is 0 Å². The molecule has 3 aromatic rings. The first-order valence-corrected chi connectivity index (χ1v) is 10.3. The molecule has 0 atom stereocenters. The van der Waals surface area contributed by atoms with Crippen molar-refractivity contribution in [2.75, 3.05) is 5.32 Å². The standard InChI is InChI=1S/C20H18Cl2N4OS/c1-2-26-19(23-18(27)12-9-14-7-10-16(21)11-8-14)24-25-20(26)28-13-15-5-3-4-6-17(15)22/h3-12H,2,13H2,1H3,(H,23,24,27)/b12-9+. The van der Waals surface area contributed by atoms with Crippen molar-refractivity contribution in [3.8, 4) is 0 Å². The van der Waals surface area contributed by atoms with Crippen LogP contribution in [0, 0.1) is 0 Å². The fourth-order valence-corrected chi connectivity index (χ4v) is 3.84. The van der Waals surface area contributed by atoms with Crippen LogP contribution in [-0.4, -0.2) is 20.7 Å². The average Bonchev–Trinajstić information content (AvgIpc) is 3.08. The maximum absolute atomic E-state index is 12.2. The number of rotatable bonds is 7. The molecule has 1 amide bonds. The second kappa shape index (κ2) is 9.78. The molecule has 0 radical (unpaired) electrons. The Bertz CT molecular complexity index is 986. The van der Waals surface area contributed by atoms with Crippen molar-refractivity contribution in [3.05, 3.63) is 75.8 Å². The Labute approximate surface area is 177 Å². The van der Waals surface area contributed by atoms with Crippen molar-refractivity contribution < 1.29 is 4.79 Å². The predicted octanol–water partition coefficient (Wildman–Crippen LogP) is 5.55. The zero-order valence-corrected chi connectivity index (χ0v) is 17.4. The largest absolute Gasteiger partial charge is 0.291 e. The van der Waals surface area contributed by atoms with E-state index < -0.39 is 0 Å². The molecule has 1 N–H and O–H groups in total. The van der Waals surface area contributed by atoms with Crippen LogP contribution >= 0.6 is 35.0 Å². The molecule has 0 aliphatic carbocycles. The summed E-state index contributed by atoms with van der Waals surface area (Å²) in [7, 11) is 0. The molecule has 2 aromatic carbocycles. The molecule has 1 heterocycles. The molecule has 0 saturated carbocycles. The Kier molecular flexibility index (Phi) is 7.14. The SMILES string of the molecule is CCn1c(NC(=O)/C=C/c2ccc(Cl)cc2)nnc1SCc1ccccc1Cl. The topological polar surface area (TPSA) is 59.8 Å². The monoisotopic (exact) mass is 432 g/mol. The molecule has 1 aromatic heterocycles. The summed E-state index contributed by atoms with van der Waals surface area (Å²) in [6, 6.07) is 14.9. The van der Waals surface area contributed by atoms with Crippen LogP contribution in [0.1, 0.15) is 18.1 Å². The van der Waals surface area contributed by atoms with Gasteiger partial charge >= 0.3 is 0 Å². The van der Waals surface area contributed by atoms with Gasteiger partial charge in [0.25, 0.3) is 5.91 Å². The Morgan fingerprint density at radius 1 is 1.14 bits per heavy atom. The summed E-state index contributed by atoms with van der Waals surface area (Å²) in [6.07, 6.45) is 3.17. The van der Waals surface area contributed by atoms with Gasteiger partial charge in [0.05, 0.1) is 0 Å². The molecule has 3 rings (SSSR count). The van der Waals surface area contributed by atoms with Gasteiger partial charge in [0, 0.05) is 28.4 Å². The summed E-state index contributed by atoms with van der Waals surface area (Å²) in [6.45, 7) is 2.61. The van der Waals surface area contributed by atoms with E-state index >= 15 is 0 Å². The molecule has 144 valence electrons. The zero-order valence-electron chi connectivity index (χ0n) is 15.1. The molecular weight excluding hydrogens is 415 g/mol. The number of aromatic nitrogens is 3. The number of hydrogen-bond donors (Lipinski definition) is 1. The summed E-state index contributed by atoms with van der Waals surface area (Å²) >= 11 is 13.6. The lowest BCUT2D eigenvalue weighted by molar-refractivity contribution is -0.111. The highest BCUT2D eigenvalue weighted by atomic mass is 35.5. The van der Waals surface area contributed by atoms with Gasteiger partial charge in [-0.2, -0.15) is 0 Å². The Balaban J connectivity index is 1.65. The lowest BCUT2D eigenvalue weighted by atomic mass is 10.2. The first-order valence-electron chi connectivity index (χ1n) is 8.61. The smallest absolute Gasteiger partial charge is 0.250 e. The molecule has 0 bridgehead atoms. The number of hydrogen-bond acceptors (Lipinski definition) is 4. The number of nitrogens with zero attached hydrogens (tertiary/aromatic N) is 3. The molecule has 0 spiro atoms. The number of carbonyl (C=O) groups excluding carboxylic acids is 1. The van der Waals surface area contributed by atoms with Crippen molar-refractivity contribution in [1.82, 2.24) is 14.8 Å². The second-order valence-corrected chi connectivity index (χ2v) is 7.59. The maximum Gasteiger partial charge on any atom is 0.250 e. The normalized spacial score (nSPS) is 11.1. The van der Waals surface area contributed by atoms with E-state index in [-0.39, 0.29) is 5.91 Å². The van der Waals surface area contributed by atoms with Crippen LogP contribution in [0.2, 0.25) is 10.0 Å². The van der Waals surface area contributed by atoms with Crippen LogP contribution in [0.4, 0.5) is 5.95 Å². The molecule has 0 unspecified atom stereocenters. The fourth-order valence-electron chi connectivity index (χ4n) is 2.43. The van der Waals surface area contributed by atoms with Gasteiger partial charge in [-0.05, 0) is 42.3 Å². The number of halogens is 2. The van der Waals surface area contributed by atoms with E-state index in [4.69, 9.17) is 23.2 Å². The Morgan fingerprint density at radius 2 is 1.89 bits per heavy atom. The number of carbonyl (C=O) groups is 1. The van der Waals surface area contributed by atoms with Crippen molar-refractivity contribution >= 4 is 52.9 Å². The van der Waals surface area contributed by atoms with Crippen LogP contribution in [-0.2, 0) is 17.1 Å². The molecule has 28 heavy (non-hydrogen) atoms. The lowest BCUT2D eigenvalue weighted by Crippen LogP contribution is -2.13. The Morgan fingerprint density at radius 3 is 2.61 bits per heavy atom. The summed E-state index contributed by atoms with van der Waals surface area (Å²) in [5, 5.41) is 13.2. The van der Waals surface area contributed by atoms with Gasteiger partial charge in [0.2, 0.25) is 5.95 Å². The van der Waals surface area contributed by atoms with Crippen molar-refractivity contribution in [3.63, 3.8) is 0 Å². The highest BCUT2D eigenvalue weighted by molar-refractivity contribution is 7.98. The third-order valence-corrected chi connectivity index (χ3v) is 5.52. The minimum Gasteiger partial charge on any atom is -0.291 e. The van der Waals surface area contributed by atoms with Gasteiger partial charge in [-0.1, -0.05) is 65.3 Å². The number of amides is 1. The van der Waals surface area contributed by atoms with Crippen molar-refractivity contribution in [2.45, 2.75) is 24.4 Å². The van der Waals surface area contributed by atoms with Gasteiger partial charge in [0.1, 0.15) is 0 Å². The van der Waals surface area contributed by atoms with Crippen LogP contribution in [0.25, 0.3) is 6.08 Å². The number of anilines is 1. The first kappa shape index (κ1) is 20.5. The van der Waals surface area contributed by atoms with Crippen molar-refractivity contribution in [2.24, 2.45) is 0 Å².